The zero-order chi connectivity index (χ0) is 13.8. The number of aromatic nitrogens is 1. The zero-order valence-corrected chi connectivity index (χ0v) is 11.3. The molecular formula is C16H17N3O. The van der Waals surface area contributed by atoms with E-state index in [-0.39, 0.29) is 5.91 Å². The van der Waals surface area contributed by atoms with Gasteiger partial charge in [0, 0.05) is 49.8 Å². The van der Waals surface area contributed by atoms with E-state index in [1.54, 1.807) is 24.5 Å². The average molecular weight is 267 g/mol. The van der Waals surface area contributed by atoms with Crippen molar-refractivity contribution in [1.29, 1.82) is 0 Å². The van der Waals surface area contributed by atoms with E-state index in [0.29, 0.717) is 5.56 Å². The molecule has 20 heavy (non-hydrogen) atoms. The minimum absolute atomic E-state index is 0.0973. The van der Waals surface area contributed by atoms with Crippen LogP contribution in [-0.2, 0) is 0 Å². The Morgan fingerprint density at radius 2 is 1.55 bits per heavy atom. The largest absolute Gasteiger partial charge is 0.368 e. The number of nitrogens with zero attached hydrogens (tertiary/aromatic N) is 3. The highest BCUT2D eigenvalue weighted by Crippen LogP contribution is 2.16. The van der Waals surface area contributed by atoms with Crippen LogP contribution in [0.15, 0.2) is 54.9 Å². The maximum absolute atomic E-state index is 12.3. The molecule has 0 bridgehead atoms. The fraction of sp³-hybridized carbons (Fsp3) is 0.250. The lowest BCUT2D eigenvalue weighted by molar-refractivity contribution is 0.0746. The maximum Gasteiger partial charge on any atom is 0.254 e. The molecule has 1 aliphatic rings. The van der Waals surface area contributed by atoms with E-state index in [0.717, 1.165) is 26.2 Å². The van der Waals surface area contributed by atoms with Gasteiger partial charge in [-0.15, -0.1) is 0 Å². The second-order valence-corrected chi connectivity index (χ2v) is 4.85. The maximum atomic E-state index is 12.3. The van der Waals surface area contributed by atoms with E-state index in [1.807, 2.05) is 23.1 Å². The highest BCUT2D eigenvalue weighted by molar-refractivity contribution is 5.94. The van der Waals surface area contributed by atoms with Gasteiger partial charge in [0.2, 0.25) is 0 Å². The minimum atomic E-state index is 0.0973. The summed E-state index contributed by atoms with van der Waals surface area (Å²) in [5.41, 5.74) is 1.94. The number of anilines is 1. The summed E-state index contributed by atoms with van der Waals surface area (Å²) in [6.07, 6.45) is 3.32. The molecule has 2 heterocycles. The molecule has 4 heteroatoms. The molecule has 1 saturated heterocycles. The van der Waals surface area contributed by atoms with E-state index in [4.69, 9.17) is 0 Å². The van der Waals surface area contributed by atoms with E-state index < -0.39 is 0 Å². The summed E-state index contributed by atoms with van der Waals surface area (Å²) in [7, 11) is 0. The summed E-state index contributed by atoms with van der Waals surface area (Å²) in [6.45, 7) is 3.27. The van der Waals surface area contributed by atoms with Gasteiger partial charge in [0.25, 0.3) is 5.91 Å². The molecule has 1 aromatic heterocycles. The van der Waals surface area contributed by atoms with Gasteiger partial charge < -0.3 is 9.80 Å². The van der Waals surface area contributed by atoms with Crippen LogP contribution in [-0.4, -0.2) is 42.0 Å². The fourth-order valence-corrected chi connectivity index (χ4v) is 2.48. The molecular weight excluding hydrogens is 250 g/mol. The van der Waals surface area contributed by atoms with Crippen molar-refractivity contribution < 1.29 is 4.79 Å². The van der Waals surface area contributed by atoms with Crippen LogP contribution in [0.5, 0.6) is 0 Å². The third kappa shape index (κ3) is 2.64. The Kier molecular flexibility index (Phi) is 3.63. The third-order valence-electron chi connectivity index (χ3n) is 3.62. The van der Waals surface area contributed by atoms with Crippen molar-refractivity contribution in [2.45, 2.75) is 0 Å². The Morgan fingerprint density at radius 3 is 2.20 bits per heavy atom. The second-order valence-electron chi connectivity index (χ2n) is 4.85. The van der Waals surface area contributed by atoms with Crippen LogP contribution in [0, 0.1) is 0 Å². The van der Waals surface area contributed by atoms with Crippen LogP contribution in [0.3, 0.4) is 0 Å². The number of carbonyl (C=O) groups is 1. The Morgan fingerprint density at radius 1 is 0.900 bits per heavy atom. The number of carbonyl (C=O) groups excluding carboxylic acids is 1. The molecule has 1 fully saturated rings. The lowest BCUT2D eigenvalue weighted by atomic mass is 10.2. The number of benzene rings is 1. The van der Waals surface area contributed by atoms with Crippen molar-refractivity contribution in [2.75, 3.05) is 31.1 Å². The lowest BCUT2D eigenvalue weighted by Gasteiger charge is -2.36. The highest BCUT2D eigenvalue weighted by Gasteiger charge is 2.21. The molecule has 0 saturated carbocycles. The van der Waals surface area contributed by atoms with Gasteiger partial charge in [0.05, 0.1) is 0 Å². The number of para-hydroxylation sites is 1. The number of hydrogen-bond acceptors (Lipinski definition) is 3. The van der Waals surface area contributed by atoms with Crippen LogP contribution < -0.4 is 4.90 Å². The normalized spacial score (nSPS) is 15.2. The van der Waals surface area contributed by atoms with Crippen molar-refractivity contribution in [1.82, 2.24) is 9.88 Å². The van der Waals surface area contributed by atoms with Gasteiger partial charge >= 0.3 is 0 Å². The van der Waals surface area contributed by atoms with Crippen molar-refractivity contribution >= 4 is 11.6 Å². The van der Waals surface area contributed by atoms with E-state index in [9.17, 15) is 4.79 Å². The molecule has 0 aliphatic carbocycles. The first kappa shape index (κ1) is 12.7. The quantitative estimate of drug-likeness (QED) is 0.835. The molecule has 1 aliphatic heterocycles. The number of rotatable bonds is 2. The molecule has 3 rings (SSSR count). The van der Waals surface area contributed by atoms with Crippen molar-refractivity contribution in [3.63, 3.8) is 0 Å². The fourth-order valence-electron chi connectivity index (χ4n) is 2.48. The molecule has 0 spiro atoms. The van der Waals surface area contributed by atoms with Gasteiger partial charge in [0.15, 0.2) is 0 Å². The van der Waals surface area contributed by atoms with Gasteiger partial charge in [-0.25, -0.2) is 0 Å². The van der Waals surface area contributed by atoms with Gasteiger partial charge in [-0.3, -0.25) is 9.78 Å². The van der Waals surface area contributed by atoms with Crippen LogP contribution in [0.4, 0.5) is 5.69 Å². The van der Waals surface area contributed by atoms with Crippen LogP contribution >= 0.6 is 0 Å². The standard InChI is InChI=1S/C16H17N3O/c20-16(14-6-8-17-9-7-14)19-12-10-18(11-13-19)15-4-2-1-3-5-15/h1-9H,10-13H2. The molecule has 0 atom stereocenters. The van der Waals surface area contributed by atoms with Crippen molar-refractivity contribution in [3.8, 4) is 0 Å². The molecule has 102 valence electrons. The average Bonchev–Trinajstić information content (AvgIpc) is 2.56. The number of pyridine rings is 1. The predicted molar refractivity (Wildman–Crippen MR) is 78.8 cm³/mol. The van der Waals surface area contributed by atoms with Gasteiger partial charge in [-0.2, -0.15) is 0 Å². The molecule has 2 aromatic rings. The first-order valence-electron chi connectivity index (χ1n) is 6.84. The van der Waals surface area contributed by atoms with Crippen molar-refractivity contribution in [2.24, 2.45) is 0 Å². The molecule has 0 N–H and O–H groups in total. The summed E-state index contributed by atoms with van der Waals surface area (Å²) in [5.74, 6) is 0.0973. The Balaban J connectivity index is 1.63. The second kappa shape index (κ2) is 5.74. The van der Waals surface area contributed by atoms with E-state index >= 15 is 0 Å². The number of piperazine rings is 1. The topological polar surface area (TPSA) is 36.4 Å². The summed E-state index contributed by atoms with van der Waals surface area (Å²) in [5, 5.41) is 0. The number of hydrogen-bond donors (Lipinski definition) is 0. The number of amides is 1. The summed E-state index contributed by atoms with van der Waals surface area (Å²) < 4.78 is 0. The van der Waals surface area contributed by atoms with E-state index in [2.05, 4.69) is 22.0 Å². The van der Waals surface area contributed by atoms with Gasteiger partial charge in [-0.1, -0.05) is 18.2 Å². The van der Waals surface area contributed by atoms with E-state index in [1.165, 1.54) is 5.69 Å². The smallest absolute Gasteiger partial charge is 0.254 e. The molecule has 0 radical (unpaired) electrons. The van der Waals surface area contributed by atoms with Crippen LogP contribution in [0.2, 0.25) is 0 Å². The molecule has 1 aromatic carbocycles. The summed E-state index contributed by atoms with van der Waals surface area (Å²) in [4.78, 5) is 20.5. The Bertz CT molecular complexity index is 563. The highest BCUT2D eigenvalue weighted by atomic mass is 16.2. The molecule has 4 nitrogen and oxygen atoms in total. The molecule has 1 amide bonds. The summed E-state index contributed by atoms with van der Waals surface area (Å²) in [6, 6.07) is 13.9. The predicted octanol–water partition coefficient (Wildman–Crippen LogP) is 2.04. The zero-order valence-electron chi connectivity index (χ0n) is 11.3. The lowest BCUT2D eigenvalue weighted by Crippen LogP contribution is -2.48. The summed E-state index contributed by atoms with van der Waals surface area (Å²) >= 11 is 0. The SMILES string of the molecule is O=C(c1ccncc1)N1CCN(c2ccccc2)CC1. The third-order valence-corrected chi connectivity index (χ3v) is 3.62. The van der Waals surface area contributed by atoms with Crippen LogP contribution in [0.1, 0.15) is 10.4 Å². The first-order chi connectivity index (χ1) is 9.84. The Hall–Kier alpha value is -2.36. The minimum Gasteiger partial charge on any atom is -0.368 e. The monoisotopic (exact) mass is 267 g/mol. The van der Waals surface area contributed by atoms with Crippen LogP contribution in [0.25, 0.3) is 0 Å². The van der Waals surface area contributed by atoms with Crippen molar-refractivity contribution in [3.05, 3.63) is 60.4 Å². The first-order valence-corrected chi connectivity index (χ1v) is 6.84. The molecule has 0 unspecified atom stereocenters. The van der Waals surface area contributed by atoms with Gasteiger partial charge in [-0.05, 0) is 24.3 Å². The Labute approximate surface area is 118 Å². The van der Waals surface area contributed by atoms with Gasteiger partial charge in [0.1, 0.15) is 0 Å².